The van der Waals surface area contributed by atoms with Gasteiger partial charge >= 0.3 is 5.97 Å². The van der Waals surface area contributed by atoms with Crippen molar-refractivity contribution >= 4 is 22.8 Å². The Labute approximate surface area is 204 Å². The van der Waals surface area contributed by atoms with Gasteiger partial charge in [-0.3, -0.25) is 9.59 Å². The zero-order chi connectivity index (χ0) is 24.4. The Balaban J connectivity index is 1.35. The van der Waals surface area contributed by atoms with Gasteiger partial charge in [-0.25, -0.2) is 4.39 Å². The summed E-state index contributed by atoms with van der Waals surface area (Å²) in [6.07, 6.45) is 13.7. The van der Waals surface area contributed by atoms with Gasteiger partial charge in [-0.15, -0.1) is 0 Å². The molecule has 1 unspecified atom stereocenters. The molecule has 5 rings (SSSR count). The second kappa shape index (κ2) is 9.90. The van der Waals surface area contributed by atoms with E-state index in [2.05, 4.69) is 53.9 Å². The second-order valence-electron chi connectivity index (χ2n) is 9.56. The average molecular weight is 473 g/mol. The Hall–Kier alpha value is -3.67. The van der Waals surface area contributed by atoms with Gasteiger partial charge in [0.05, 0.1) is 17.0 Å². The van der Waals surface area contributed by atoms with E-state index in [0.29, 0.717) is 54.6 Å². The largest absolute Gasteiger partial charge is 0.481 e. The molecule has 2 aliphatic rings. The third kappa shape index (κ3) is 4.92. The Morgan fingerprint density at radius 1 is 1.00 bits per heavy atom. The number of carboxylic acid groups (broad SMARTS) is 1. The van der Waals surface area contributed by atoms with Crippen LogP contribution < -0.4 is 5.32 Å². The number of nitrogens with one attached hydrogen (secondary N) is 1. The van der Waals surface area contributed by atoms with E-state index in [-0.39, 0.29) is 23.7 Å². The number of allylic oxidation sites excluding steroid dienone is 4. The van der Waals surface area contributed by atoms with Crippen molar-refractivity contribution in [2.45, 2.75) is 50.6 Å². The Kier molecular flexibility index (Phi) is 6.53. The average Bonchev–Trinajstić information content (AvgIpc) is 3.30. The highest BCUT2D eigenvalue weighted by atomic mass is 19.1. The molecule has 0 saturated heterocycles. The number of fused-ring (bicyclic) bond motifs is 1. The molecule has 1 heterocycles. The zero-order valence-corrected chi connectivity index (χ0v) is 19.5. The van der Waals surface area contributed by atoms with Gasteiger partial charge in [-0.05, 0) is 61.4 Å². The van der Waals surface area contributed by atoms with Crippen molar-refractivity contribution < 1.29 is 19.1 Å². The second-order valence-corrected chi connectivity index (χ2v) is 9.56. The van der Waals surface area contributed by atoms with Crippen molar-refractivity contribution in [3.05, 3.63) is 95.5 Å². The summed E-state index contributed by atoms with van der Waals surface area (Å²) < 4.78 is 16.5. The van der Waals surface area contributed by atoms with Crippen LogP contribution in [0.1, 0.15) is 59.5 Å². The standard InChI is InChI=1S/C29H29FN2O3/c30-26-15-14-25(28(33)31-23-12-10-22(11-13-23)29(34)35)27-24(26)16-17-32(27)18-19-6-8-21(9-7-19)20-4-2-1-3-5-20/h1-4,6-9,14-17,20,22-23H,5,10-13,18H2,(H,31,33)(H,34,35). The van der Waals surface area contributed by atoms with Gasteiger partial charge in [0.25, 0.3) is 5.91 Å². The number of nitrogens with zero attached hydrogens (tertiary/aromatic N) is 1. The fraction of sp³-hybridized carbons (Fsp3) is 0.310. The first-order valence-corrected chi connectivity index (χ1v) is 12.2. The lowest BCUT2D eigenvalue weighted by molar-refractivity contribution is -0.142. The molecule has 3 aromatic rings. The van der Waals surface area contributed by atoms with E-state index in [0.717, 1.165) is 12.0 Å². The summed E-state index contributed by atoms with van der Waals surface area (Å²) in [4.78, 5) is 24.4. The van der Waals surface area contributed by atoms with Gasteiger partial charge in [-0.2, -0.15) is 0 Å². The van der Waals surface area contributed by atoms with E-state index < -0.39 is 5.97 Å². The van der Waals surface area contributed by atoms with Gasteiger partial charge in [0.1, 0.15) is 5.82 Å². The molecular weight excluding hydrogens is 443 g/mol. The molecule has 1 atom stereocenters. The highest BCUT2D eigenvalue weighted by Crippen LogP contribution is 2.28. The van der Waals surface area contributed by atoms with E-state index >= 15 is 0 Å². The van der Waals surface area contributed by atoms with Crippen LogP contribution >= 0.6 is 0 Å². The number of aromatic nitrogens is 1. The number of rotatable bonds is 6. The summed E-state index contributed by atoms with van der Waals surface area (Å²) in [5.74, 6) is -1.33. The number of benzene rings is 2. The fourth-order valence-corrected chi connectivity index (χ4v) is 5.25. The quantitative estimate of drug-likeness (QED) is 0.476. The molecule has 0 aliphatic heterocycles. The molecule has 1 saturated carbocycles. The van der Waals surface area contributed by atoms with Crippen molar-refractivity contribution in [2.75, 3.05) is 0 Å². The van der Waals surface area contributed by atoms with Gasteiger partial charge in [-0.1, -0.05) is 48.6 Å². The molecule has 2 N–H and O–H groups in total. The molecule has 0 spiro atoms. The first-order chi connectivity index (χ1) is 17.0. The summed E-state index contributed by atoms with van der Waals surface area (Å²) in [5, 5.41) is 12.7. The Morgan fingerprint density at radius 3 is 2.46 bits per heavy atom. The molecule has 1 fully saturated rings. The minimum absolute atomic E-state index is 0.0714. The Bertz CT molecular complexity index is 1300. The van der Waals surface area contributed by atoms with Gasteiger partial charge in [0, 0.05) is 30.1 Å². The first-order valence-electron chi connectivity index (χ1n) is 12.2. The molecule has 0 bridgehead atoms. The number of carbonyl (C=O) groups is 2. The van der Waals surface area contributed by atoms with E-state index in [1.54, 1.807) is 12.1 Å². The summed E-state index contributed by atoms with van der Waals surface area (Å²) in [5.41, 5.74) is 3.34. The van der Waals surface area contributed by atoms with Crippen LogP contribution in [0.25, 0.3) is 10.9 Å². The highest BCUT2D eigenvalue weighted by molar-refractivity contribution is 6.06. The number of halogens is 1. The minimum atomic E-state index is -0.770. The molecule has 5 nitrogen and oxygen atoms in total. The number of carboxylic acids is 1. The van der Waals surface area contributed by atoms with Crippen LogP contribution in [-0.4, -0.2) is 27.6 Å². The van der Waals surface area contributed by atoms with Gasteiger partial charge < -0.3 is 15.0 Å². The van der Waals surface area contributed by atoms with Crippen molar-refractivity contribution in [3.8, 4) is 0 Å². The molecule has 6 heteroatoms. The van der Waals surface area contributed by atoms with Crippen molar-refractivity contribution in [2.24, 2.45) is 5.92 Å². The number of hydrogen-bond acceptors (Lipinski definition) is 2. The van der Waals surface area contributed by atoms with Crippen LogP contribution in [0.4, 0.5) is 4.39 Å². The first kappa shape index (κ1) is 23.1. The maximum Gasteiger partial charge on any atom is 0.306 e. The summed E-state index contributed by atoms with van der Waals surface area (Å²) >= 11 is 0. The highest BCUT2D eigenvalue weighted by Gasteiger charge is 2.27. The van der Waals surface area contributed by atoms with Crippen molar-refractivity contribution in [1.29, 1.82) is 0 Å². The maximum atomic E-state index is 14.6. The van der Waals surface area contributed by atoms with Crippen LogP contribution in [0.5, 0.6) is 0 Å². The van der Waals surface area contributed by atoms with Crippen molar-refractivity contribution in [3.63, 3.8) is 0 Å². The van der Waals surface area contributed by atoms with Gasteiger partial charge in [0.2, 0.25) is 0 Å². The molecule has 2 aliphatic carbocycles. The molecular formula is C29H29FN2O3. The van der Waals surface area contributed by atoms with Crippen LogP contribution in [0.2, 0.25) is 0 Å². The molecule has 2 aromatic carbocycles. The predicted octanol–water partition coefficient (Wildman–Crippen LogP) is 5.80. The third-order valence-corrected chi connectivity index (χ3v) is 7.27. The fourth-order valence-electron chi connectivity index (χ4n) is 5.25. The minimum Gasteiger partial charge on any atom is -0.481 e. The van der Waals surface area contributed by atoms with Gasteiger partial charge in [0.15, 0.2) is 0 Å². The lowest BCUT2D eigenvalue weighted by Gasteiger charge is -2.27. The van der Waals surface area contributed by atoms with Crippen LogP contribution in [-0.2, 0) is 11.3 Å². The molecule has 0 radical (unpaired) electrons. The molecule has 35 heavy (non-hydrogen) atoms. The summed E-state index contributed by atoms with van der Waals surface area (Å²) in [6.45, 7) is 0.525. The lowest BCUT2D eigenvalue weighted by atomic mass is 9.86. The monoisotopic (exact) mass is 472 g/mol. The summed E-state index contributed by atoms with van der Waals surface area (Å²) in [7, 11) is 0. The SMILES string of the molecule is O=C(NC1CCC(C(=O)O)CC1)c1ccc(F)c2ccn(Cc3ccc(C4C=CC=CC4)cc3)c12. The molecule has 1 amide bonds. The van der Waals surface area contributed by atoms with E-state index in [4.69, 9.17) is 0 Å². The molecule has 1 aromatic heterocycles. The van der Waals surface area contributed by atoms with Crippen LogP contribution in [0.15, 0.2) is 73.0 Å². The zero-order valence-electron chi connectivity index (χ0n) is 19.5. The van der Waals surface area contributed by atoms with Crippen LogP contribution in [0.3, 0.4) is 0 Å². The van der Waals surface area contributed by atoms with Crippen molar-refractivity contribution in [1.82, 2.24) is 9.88 Å². The number of aliphatic carboxylic acids is 1. The molecule has 180 valence electrons. The lowest BCUT2D eigenvalue weighted by Crippen LogP contribution is -2.38. The third-order valence-electron chi connectivity index (χ3n) is 7.27. The number of carbonyl (C=O) groups excluding carboxylic acids is 1. The van der Waals surface area contributed by atoms with E-state index in [1.807, 2.05) is 10.8 Å². The normalized spacial score (nSPS) is 21.8. The topological polar surface area (TPSA) is 71.3 Å². The van der Waals surface area contributed by atoms with E-state index in [1.165, 1.54) is 11.6 Å². The maximum absolute atomic E-state index is 14.6. The smallest absolute Gasteiger partial charge is 0.306 e. The number of hydrogen-bond donors (Lipinski definition) is 2. The van der Waals surface area contributed by atoms with E-state index in [9.17, 15) is 19.1 Å². The Morgan fingerprint density at radius 2 is 1.77 bits per heavy atom. The predicted molar refractivity (Wildman–Crippen MR) is 134 cm³/mol. The van der Waals surface area contributed by atoms with Crippen LogP contribution in [0, 0.1) is 11.7 Å². The number of amides is 1. The summed E-state index contributed by atoms with van der Waals surface area (Å²) in [6, 6.07) is 13.0.